The Morgan fingerprint density at radius 3 is 2.58 bits per heavy atom. The molecule has 1 aliphatic rings. The lowest BCUT2D eigenvalue weighted by molar-refractivity contribution is -0.127. The Kier molecular flexibility index (Phi) is 8.74. The van der Waals surface area contributed by atoms with E-state index in [4.69, 9.17) is 18.9 Å². The standard InChI is InChI=1S/C30H31N5O6S2/c1-7-34(8-2)28(38)25-17(4)32-30-35(26(25)20-14-18(39-5)9-11-21(20)40-6)27(37)22(42-30)15-19-10-12-24(41-19)43-29-31-16(3)13-23(36)33-29/h9-15,26H,7-8H2,1-6H3,(H,31,33,36)/b22-15-/t26-/m0/s1. The van der Waals surface area contributed by atoms with Crippen LogP contribution in [-0.2, 0) is 4.79 Å². The second-order valence-corrected chi connectivity index (χ2v) is 11.6. The number of H-pyrrole nitrogens is 1. The lowest BCUT2D eigenvalue weighted by Crippen LogP contribution is -2.43. The molecular weight excluding hydrogens is 590 g/mol. The molecule has 3 aromatic heterocycles. The highest BCUT2D eigenvalue weighted by atomic mass is 32.2. The summed E-state index contributed by atoms with van der Waals surface area (Å²) < 4.78 is 19.1. The van der Waals surface area contributed by atoms with Crippen molar-refractivity contribution in [1.29, 1.82) is 0 Å². The lowest BCUT2D eigenvalue weighted by atomic mass is 9.93. The minimum atomic E-state index is -0.802. The van der Waals surface area contributed by atoms with Gasteiger partial charge in [0.1, 0.15) is 23.3 Å². The molecule has 0 unspecified atom stereocenters. The van der Waals surface area contributed by atoms with Gasteiger partial charge in [-0.2, -0.15) is 0 Å². The predicted octanol–water partition coefficient (Wildman–Crippen LogP) is 3.26. The average molecular weight is 622 g/mol. The number of ether oxygens (including phenoxy) is 2. The van der Waals surface area contributed by atoms with Gasteiger partial charge in [-0.3, -0.25) is 19.0 Å². The quantitative estimate of drug-likeness (QED) is 0.282. The number of hydrogen-bond acceptors (Lipinski definition) is 10. The van der Waals surface area contributed by atoms with E-state index in [0.29, 0.717) is 72.5 Å². The van der Waals surface area contributed by atoms with Gasteiger partial charge in [-0.05, 0) is 69.8 Å². The first-order valence-electron chi connectivity index (χ1n) is 13.6. The molecule has 0 saturated heterocycles. The van der Waals surface area contributed by atoms with E-state index in [9.17, 15) is 14.4 Å². The summed E-state index contributed by atoms with van der Waals surface area (Å²) in [6.45, 7) is 8.36. The second-order valence-electron chi connectivity index (χ2n) is 9.62. The van der Waals surface area contributed by atoms with Crippen molar-refractivity contribution in [1.82, 2.24) is 19.4 Å². The highest BCUT2D eigenvalue weighted by molar-refractivity contribution is 7.99. The van der Waals surface area contributed by atoms with Crippen LogP contribution in [0.1, 0.15) is 43.8 Å². The Morgan fingerprint density at radius 1 is 1.14 bits per heavy atom. The number of carbonyl (C=O) groups is 1. The smallest absolute Gasteiger partial charge is 0.271 e. The maximum atomic E-state index is 14.1. The number of nitrogens with one attached hydrogen (secondary N) is 1. The fourth-order valence-electron chi connectivity index (χ4n) is 4.91. The van der Waals surface area contributed by atoms with E-state index < -0.39 is 6.04 Å². The van der Waals surface area contributed by atoms with E-state index in [1.165, 1.54) is 33.7 Å². The Bertz CT molecular complexity index is 1960. The number of benzene rings is 1. The van der Waals surface area contributed by atoms with E-state index in [-0.39, 0.29) is 17.0 Å². The highest BCUT2D eigenvalue weighted by Gasteiger charge is 2.36. The second kappa shape index (κ2) is 12.5. The molecule has 224 valence electrons. The number of fused-ring (bicyclic) bond motifs is 1. The molecule has 0 saturated carbocycles. The van der Waals surface area contributed by atoms with Crippen molar-refractivity contribution >= 4 is 35.1 Å². The number of nitrogens with zero attached hydrogens (tertiary/aromatic N) is 4. The number of aryl methyl sites for hydroxylation is 1. The molecule has 5 rings (SSSR count). The van der Waals surface area contributed by atoms with Crippen molar-refractivity contribution in [3.8, 4) is 11.5 Å². The van der Waals surface area contributed by atoms with E-state index in [1.807, 2.05) is 13.8 Å². The largest absolute Gasteiger partial charge is 0.497 e. The minimum Gasteiger partial charge on any atom is -0.497 e. The van der Waals surface area contributed by atoms with Crippen LogP contribution in [-0.4, -0.2) is 52.7 Å². The molecule has 43 heavy (non-hydrogen) atoms. The first-order valence-corrected chi connectivity index (χ1v) is 15.2. The van der Waals surface area contributed by atoms with Crippen molar-refractivity contribution in [2.45, 2.75) is 44.0 Å². The molecular formula is C30H31N5O6S2. The van der Waals surface area contributed by atoms with Gasteiger partial charge >= 0.3 is 0 Å². The van der Waals surface area contributed by atoms with Crippen molar-refractivity contribution in [2.24, 2.45) is 4.99 Å². The van der Waals surface area contributed by atoms with Crippen molar-refractivity contribution < 1.29 is 18.7 Å². The molecule has 0 radical (unpaired) electrons. The van der Waals surface area contributed by atoms with Crippen LogP contribution >= 0.6 is 23.1 Å². The van der Waals surface area contributed by atoms with Crippen molar-refractivity contribution in [3.63, 3.8) is 0 Å². The molecule has 1 amide bonds. The van der Waals surface area contributed by atoms with E-state index >= 15 is 0 Å². The van der Waals surface area contributed by atoms with Crippen LogP contribution in [0.25, 0.3) is 6.08 Å². The number of rotatable bonds is 9. The number of hydrogen-bond donors (Lipinski definition) is 1. The Balaban J connectivity index is 1.64. The molecule has 0 aliphatic carbocycles. The molecule has 13 heteroatoms. The molecule has 1 aliphatic heterocycles. The summed E-state index contributed by atoms with van der Waals surface area (Å²) in [4.78, 5) is 53.7. The molecule has 1 atom stereocenters. The molecule has 0 fully saturated rings. The third kappa shape index (κ3) is 5.95. The maximum absolute atomic E-state index is 14.1. The number of amides is 1. The molecule has 0 bridgehead atoms. The Hall–Kier alpha value is -4.36. The normalized spacial score (nSPS) is 14.8. The van der Waals surface area contributed by atoms with Gasteiger partial charge in [-0.15, -0.1) is 0 Å². The van der Waals surface area contributed by atoms with Crippen molar-refractivity contribution in [2.75, 3.05) is 27.3 Å². The Labute approximate surface area is 255 Å². The molecule has 11 nitrogen and oxygen atoms in total. The van der Waals surface area contributed by atoms with Crippen LogP contribution in [0.3, 0.4) is 0 Å². The first kappa shape index (κ1) is 30.1. The number of likely N-dealkylation sites (N-methyl/N-ethyl adjacent to an activating group) is 1. The Morgan fingerprint density at radius 2 is 1.91 bits per heavy atom. The molecule has 4 aromatic rings. The zero-order chi connectivity index (χ0) is 30.8. The van der Waals surface area contributed by atoms with Gasteiger partial charge in [0, 0.05) is 36.5 Å². The van der Waals surface area contributed by atoms with Gasteiger partial charge in [-0.25, -0.2) is 9.98 Å². The number of carbonyl (C=O) groups excluding carboxylic acids is 1. The summed E-state index contributed by atoms with van der Waals surface area (Å²) in [5.41, 5.74) is 1.54. The van der Waals surface area contributed by atoms with Gasteiger partial charge in [-0.1, -0.05) is 11.3 Å². The number of furan rings is 1. The highest BCUT2D eigenvalue weighted by Crippen LogP contribution is 2.38. The van der Waals surface area contributed by atoms with Gasteiger partial charge < -0.3 is 23.8 Å². The third-order valence-electron chi connectivity index (χ3n) is 6.95. The lowest BCUT2D eigenvalue weighted by Gasteiger charge is -2.30. The topological polar surface area (TPSA) is 132 Å². The maximum Gasteiger partial charge on any atom is 0.271 e. The first-order chi connectivity index (χ1) is 20.7. The molecule has 4 heterocycles. The summed E-state index contributed by atoms with van der Waals surface area (Å²) in [7, 11) is 3.11. The summed E-state index contributed by atoms with van der Waals surface area (Å²) in [5.74, 6) is 1.31. The van der Waals surface area contributed by atoms with E-state index in [1.54, 1.807) is 69.4 Å². The molecule has 1 N–H and O–H groups in total. The van der Waals surface area contributed by atoms with Crippen LogP contribution in [0.4, 0.5) is 0 Å². The van der Waals surface area contributed by atoms with Crippen LogP contribution in [0.5, 0.6) is 11.5 Å². The molecule has 0 spiro atoms. The fraction of sp³-hybridized carbons (Fsp3) is 0.300. The number of aromatic amines is 1. The van der Waals surface area contributed by atoms with Crippen LogP contribution in [0.15, 0.2) is 76.9 Å². The van der Waals surface area contributed by atoms with Crippen LogP contribution in [0.2, 0.25) is 0 Å². The third-order valence-corrected chi connectivity index (χ3v) is 8.75. The average Bonchev–Trinajstić information content (AvgIpc) is 3.54. The number of allylic oxidation sites excluding steroid dienone is 1. The summed E-state index contributed by atoms with van der Waals surface area (Å²) in [6.07, 6.45) is 1.64. The SMILES string of the molecule is CCN(CC)C(=O)C1=C(C)N=c2s/c(=C\c3ccc(Sc4nc(C)cc(=O)[nH]4)o3)c(=O)n2[C@H]1c1cc(OC)ccc1OC. The van der Waals surface area contributed by atoms with Crippen molar-refractivity contribution in [3.05, 3.63) is 94.7 Å². The van der Waals surface area contributed by atoms with Gasteiger partial charge in [0.25, 0.3) is 17.0 Å². The van der Waals surface area contributed by atoms with Crippen LogP contribution in [0, 0.1) is 6.92 Å². The minimum absolute atomic E-state index is 0.203. The van der Waals surface area contributed by atoms with E-state index in [0.717, 1.165) is 0 Å². The zero-order valence-corrected chi connectivity index (χ0v) is 26.2. The monoisotopic (exact) mass is 621 g/mol. The molecule has 1 aromatic carbocycles. The van der Waals surface area contributed by atoms with Crippen LogP contribution < -0.4 is 29.9 Å². The summed E-state index contributed by atoms with van der Waals surface area (Å²) in [5, 5.41) is 0.896. The number of methoxy groups -OCH3 is 2. The van der Waals surface area contributed by atoms with Gasteiger partial charge in [0.2, 0.25) is 0 Å². The van der Waals surface area contributed by atoms with E-state index in [2.05, 4.69) is 9.97 Å². The van der Waals surface area contributed by atoms with Gasteiger partial charge in [0.05, 0.1) is 30.0 Å². The summed E-state index contributed by atoms with van der Waals surface area (Å²) in [6, 6.07) is 9.40. The number of aromatic nitrogens is 3. The zero-order valence-electron chi connectivity index (χ0n) is 24.6. The fourth-order valence-corrected chi connectivity index (χ4v) is 6.75. The summed E-state index contributed by atoms with van der Waals surface area (Å²) >= 11 is 2.37. The number of thiazole rings is 1. The predicted molar refractivity (Wildman–Crippen MR) is 164 cm³/mol. The van der Waals surface area contributed by atoms with Gasteiger partial charge in [0.15, 0.2) is 15.1 Å².